The predicted molar refractivity (Wildman–Crippen MR) is 57.2 cm³/mol. The van der Waals surface area contributed by atoms with Crippen LogP contribution in [0.2, 0.25) is 0 Å². The Hall–Kier alpha value is 0.830. The van der Waals surface area contributed by atoms with Gasteiger partial charge in [-0.2, -0.15) is 0 Å². The Morgan fingerprint density at radius 2 is 1.73 bits per heavy atom. The van der Waals surface area contributed by atoms with Gasteiger partial charge in [-0.05, 0) is 47.4 Å². The molecule has 1 aliphatic carbocycles. The first-order chi connectivity index (χ1) is 5.17. The van der Waals surface area contributed by atoms with Gasteiger partial charge in [-0.3, -0.25) is 0 Å². The molecule has 0 amide bonds. The van der Waals surface area contributed by atoms with E-state index in [1.54, 1.807) is 0 Å². The fraction of sp³-hybridized carbons (Fsp3) is 1.00. The average molecular weight is 237 g/mol. The maximum absolute atomic E-state index is 3.52. The van der Waals surface area contributed by atoms with Crippen LogP contribution in [-0.4, -0.2) is 4.75 Å². The first-order valence-electron chi connectivity index (χ1n) is 4.46. The lowest BCUT2D eigenvalue weighted by atomic mass is 9.81. The molecule has 0 spiro atoms. The van der Waals surface area contributed by atoms with Crippen molar-refractivity contribution in [2.24, 2.45) is 5.92 Å². The lowest BCUT2D eigenvalue weighted by Crippen LogP contribution is -2.28. The van der Waals surface area contributed by atoms with Crippen LogP contribution in [0.1, 0.15) is 46.0 Å². The Balaban J connectivity index is 2.43. The van der Waals surface area contributed by atoms with Crippen LogP contribution in [-0.2, 0) is 0 Å². The molecule has 66 valence electrons. The summed E-state index contributed by atoms with van der Waals surface area (Å²) in [5.74, 6) is 0.931. The van der Waals surface area contributed by atoms with Crippen molar-refractivity contribution in [1.29, 1.82) is 0 Å². The molecule has 2 heteroatoms. The lowest BCUT2D eigenvalue weighted by Gasteiger charge is -2.34. The van der Waals surface area contributed by atoms with E-state index in [0.29, 0.717) is 4.75 Å². The predicted octanol–water partition coefficient (Wildman–Crippen LogP) is 4.39. The molecule has 0 radical (unpaired) electrons. The molecule has 0 aromatic rings. The van der Waals surface area contributed by atoms with Crippen molar-refractivity contribution in [3.63, 3.8) is 0 Å². The summed E-state index contributed by atoms with van der Waals surface area (Å²) in [4.78, 5) is 0. The molecule has 1 fully saturated rings. The smallest absolute Gasteiger partial charge is 0.0241 e. The Kier molecular flexibility index (Phi) is 3.76. The normalized spacial score (nSPS) is 22.1. The van der Waals surface area contributed by atoms with Crippen molar-refractivity contribution in [3.8, 4) is 0 Å². The van der Waals surface area contributed by atoms with Gasteiger partial charge < -0.3 is 0 Å². The Bertz CT molecular complexity index is 117. The van der Waals surface area contributed by atoms with Crippen molar-refractivity contribution in [2.45, 2.75) is 50.7 Å². The van der Waals surface area contributed by atoms with Gasteiger partial charge in [0, 0.05) is 4.75 Å². The summed E-state index contributed by atoms with van der Waals surface area (Å²) in [5, 5.41) is 0. The van der Waals surface area contributed by atoms with E-state index in [2.05, 4.69) is 28.7 Å². The van der Waals surface area contributed by atoms with E-state index in [1.165, 1.54) is 32.1 Å². The van der Waals surface area contributed by atoms with Crippen LogP contribution in [0.4, 0.5) is 0 Å². The largest absolute Gasteiger partial charge is 0.0770 e. The molecule has 0 bridgehead atoms. The Morgan fingerprint density at radius 3 is 2.18 bits per heavy atom. The second-order valence-electron chi connectivity index (χ2n) is 4.02. The van der Waals surface area contributed by atoms with E-state index in [1.807, 2.05) is 10.2 Å². The van der Waals surface area contributed by atoms with Crippen LogP contribution >= 0.6 is 25.0 Å². The third kappa shape index (κ3) is 2.66. The van der Waals surface area contributed by atoms with Gasteiger partial charge in [0.1, 0.15) is 0 Å². The van der Waals surface area contributed by atoms with E-state index < -0.39 is 0 Å². The van der Waals surface area contributed by atoms with Gasteiger partial charge >= 0.3 is 0 Å². The zero-order valence-electron chi connectivity index (χ0n) is 7.40. The van der Waals surface area contributed by atoms with Gasteiger partial charge in [0.15, 0.2) is 0 Å². The second kappa shape index (κ2) is 4.18. The molecule has 11 heavy (non-hydrogen) atoms. The number of halogens is 1. The molecule has 0 saturated heterocycles. The SMILES string of the molecule is CC(C)(SBr)C1CCCCC1. The van der Waals surface area contributed by atoms with Crippen LogP contribution in [0.5, 0.6) is 0 Å². The fourth-order valence-corrected chi connectivity index (χ4v) is 3.02. The van der Waals surface area contributed by atoms with E-state index >= 15 is 0 Å². The molecular formula is C9H17BrS. The van der Waals surface area contributed by atoms with E-state index in [0.717, 1.165) is 5.92 Å². The summed E-state index contributed by atoms with van der Waals surface area (Å²) >= 11 is 3.52. The van der Waals surface area contributed by atoms with Crippen molar-refractivity contribution in [2.75, 3.05) is 0 Å². The summed E-state index contributed by atoms with van der Waals surface area (Å²) in [5.41, 5.74) is 0. The minimum Gasteiger partial charge on any atom is -0.0770 e. The van der Waals surface area contributed by atoms with Gasteiger partial charge in [0.25, 0.3) is 0 Å². The standard InChI is InChI=1S/C9H17BrS/c1-9(2,11-10)8-6-4-3-5-7-8/h8H,3-7H2,1-2H3. The van der Waals surface area contributed by atoms with Crippen molar-refractivity contribution in [1.82, 2.24) is 0 Å². The van der Waals surface area contributed by atoms with Crippen LogP contribution in [0.3, 0.4) is 0 Å². The maximum Gasteiger partial charge on any atom is 0.0241 e. The van der Waals surface area contributed by atoms with Crippen LogP contribution in [0.25, 0.3) is 0 Å². The summed E-state index contributed by atoms with van der Waals surface area (Å²) in [7, 11) is 1.85. The summed E-state index contributed by atoms with van der Waals surface area (Å²) in [6, 6.07) is 0. The zero-order chi connectivity index (χ0) is 8.32. The highest BCUT2D eigenvalue weighted by molar-refractivity contribution is 9.50. The average Bonchev–Trinajstić information content (AvgIpc) is 2.06. The first-order valence-corrected chi connectivity index (χ1v) is 7.12. The highest BCUT2D eigenvalue weighted by Crippen LogP contribution is 2.43. The molecule has 1 aliphatic rings. The van der Waals surface area contributed by atoms with Crippen molar-refractivity contribution >= 4 is 25.0 Å². The molecule has 0 nitrogen and oxygen atoms in total. The first kappa shape index (κ1) is 9.91. The van der Waals surface area contributed by atoms with E-state index in [9.17, 15) is 0 Å². The third-order valence-corrected chi connectivity index (χ3v) is 6.02. The van der Waals surface area contributed by atoms with Crippen LogP contribution in [0, 0.1) is 5.92 Å². The van der Waals surface area contributed by atoms with Crippen LogP contribution in [0.15, 0.2) is 0 Å². The quantitative estimate of drug-likeness (QED) is 0.686. The van der Waals surface area contributed by atoms with Gasteiger partial charge in [-0.1, -0.05) is 29.5 Å². The number of rotatable bonds is 2. The minimum absolute atomic E-state index is 0.445. The summed E-state index contributed by atoms with van der Waals surface area (Å²) in [6.45, 7) is 4.70. The maximum atomic E-state index is 3.52. The number of hydrogen-bond donors (Lipinski definition) is 0. The minimum atomic E-state index is 0.445. The molecule has 0 heterocycles. The molecule has 0 atom stereocenters. The zero-order valence-corrected chi connectivity index (χ0v) is 9.80. The lowest BCUT2D eigenvalue weighted by molar-refractivity contribution is 0.305. The van der Waals surface area contributed by atoms with E-state index in [-0.39, 0.29) is 0 Å². The monoisotopic (exact) mass is 236 g/mol. The molecule has 0 unspecified atom stereocenters. The summed E-state index contributed by atoms with van der Waals surface area (Å²) in [6.07, 6.45) is 7.22. The van der Waals surface area contributed by atoms with Crippen molar-refractivity contribution in [3.05, 3.63) is 0 Å². The van der Waals surface area contributed by atoms with Gasteiger partial charge in [0.2, 0.25) is 0 Å². The molecule has 1 rings (SSSR count). The second-order valence-corrected chi connectivity index (χ2v) is 6.19. The highest BCUT2D eigenvalue weighted by atomic mass is 79.9. The molecule has 0 aliphatic heterocycles. The summed E-state index contributed by atoms with van der Waals surface area (Å²) < 4.78 is 0.445. The van der Waals surface area contributed by atoms with E-state index in [4.69, 9.17) is 0 Å². The Labute approximate surface area is 81.7 Å². The van der Waals surface area contributed by atoms with Gasteiger partial charge in [-0.15, -0.1) is 0 Å². The molecule has 0 aromatic carbocycles. The topological polar surface area (TPSA) is 0 Å². The Morgan fingerprint density at radius 1 is 1.18 bits per heavy atom. The van der Waals surface area contributed by atoms with Gasteiger partial charge in [0.05, 0.1) is 0 Å². The number of hydrogen-bond acceptors (Lipinski definition) is 1. The molecule has 0 N–H and O–H groups in total. The highest BCUT2D eigenvalue weighted by Gasteiger charge is 2.30. The molecule has 1 saturated carbocycles. The van der Waals surface area contributed by atoms with Gasteiger partial charge in [-0.25, -0.2) is 0 Å². The fourth-order valence-electron chi connectivity index (χ4n) is 1.86. The molecular weight excluding hydrogens is 220 g/mol. The third-order valence-electron chi connectivity index (χ3n) is 2.79. The molecule has 0 aromatic heterocycles. The van der Waals surface area contributed by atoms with Crippen molar-refractivity contribution < 1.29 is 0 Å². The van der Waals surface area contributed by atoms with Crippen LogP contribution < -0.4 is 0 Å².